The van der Waals surface area contributed by atoms with Gasteiger partial charge in [0.25, 0.3) is 0 Å². The molecule has 0 spiro atoms. The van der Waals surface area contributed by atoms with E-state index in [9.17, 15) is 0 Å². The van der Waals surface area contributed by atoms with Crippen LogP contribution in [0.5, 0.6) is 0 Å². The smallest absolute Gasteiger partial charge is 0.141 e. The van der Waals surface area contributed by atoms with Gasteiger partial charge in [0.05, 0.1) is 16.1 Å². The van der Waals surface area contributed by atoms with E-state index in [4.69, 9.17) is 5.73 Å². The van der Waals surface area contributed by atoms with E-state index in [1.807, 2.05) is 47.8 Å². The summed E-state index contributed by atoms with van der Waals surface area (Å²) in [6.07, 6.45) is 1.78. The number of fused-ring (bicyclic) bond motifs is 1. The monoisotopic (exact) mass is 253 g/mol. The van der Waals surface area contributed by atoms with Crippen LogP contribution in [-0.4, -0.2) is 10.8 Å². The van der Waals surface area contributed by atoms with Crippen molar-refractivity contribution in [1.29, 1.82) is 0 Å². The number of thiophene rings is 1. The maximum absolute atomic E-state index is 6.00. The minimum absolute atomic E-state index is 0.543. The average Bonchev–Trinajstić information content (AvgIpc) is 2.93. The van der Waals surface area contributed by atoms with Gasteiger partial charge < -0.3 is 5.73 Å². The molecule has 0 fully saturated rings. The largest absolute Gasteiger partial charge is 0.383 e. The molecule has 0 saturated heterocycles. The maximum atomic E-state index is 6.00. The Labute approximate surface area is 109 Å². The Hall–Kier alpha value is -2.20. The molecule has 18 heavy (non-hydrogen) atoms. The summed E-state index contributed by atoms with van der Waals surface area (Å²) in [4.78, 5) is 9.78. The number of nitrogens with zero attached hydrogens (tertiary/aromatic N) is 2. The zero-order valence-electron chi connectivity index (χ0n) is 9.58. The fraction of sp³-hybridized carbons (Fsp3) is 0. The first-order valence-corrected chi connectivity index (χ1v) is 6.44. The number of rotatable bonds is 2. The van der Waals surface area contributed by atoms with Gasteiger partial charge in [-0.05, 0) is 35.7 Å². The van der Waals surface area contributed by atoms with Gasteiger partial charge in [0.15, 0.2) is 0 Å². The lowest BCUT2D eigenvalue weighted by atomic mass is 10.2. The molecule has 0 aliphatic carbocycles. The van der Waals surface area contributed by atoms with Crippen LogP contribution < -0.4 is 5.73 Å². The van der Waals surface area contributed by atoms with Crippen LogP contribution in [0.2, 0.25) is 0 Å². The van der Waals surface area contributed by atoms with Crippen molar-refractivity contribution in [3.63, 3.8) is 0 Å². The molecule has 88 valence electrons. The van der Waals surface area contributed by atoms with Crippen LogP contribution in [0.1, 0.15) is 4.88 Å². The van der Waals surface area contributed by atoms with E-state index in [0.29, 0.717) is 5.84 Å². The molecule has 3 nitrogen and oxygen atoms in total. The van der Waals surface area contributed by atoms with E-state index in [2.05, 4.69) is 9.98 Å². The highest BCUT2D eigenvalue weighted by molar-refractivity contribution is 7.12. The molecule has 0 bridgehead atoms. The van der Waals surface area contributed by atoms with Crippen LogP contribution in [0.25, 0.3) is 10.9 Å². The van der Waals surface area contributed by atoms with E-state index in [1.165, 1.54) is 0 Å². The molecule has 4 heteroatoms. The van der Waals surface area contributed by atoms with Gasteiger partial charge in [-0.15, -0.1) is 11.3 Å². The van der Waals surface area contributed by atoms with Gasteiger partial charge >= 0.3 is 0 Å². The van der Waals surface area contributed by atoms with Crippen molar-refractivity contribution >= 4 is 33.8 Å². The second-order valence-electron chi connectivity index (χ2n) is 3.82. The molecular weight excluding hydrogens is 242 g/mol. The summed E-state index contributed by atoms with van der Waals surface area (Å²) in [5, 5.41) is 3.00. The number of aliphatic imine (C=N–C) groups is 1. The van der Waals surface area contributed by atoms with Gasteiger partial charge in [-0.2, -0.15) is 0 Å². The summed E-state index contributed by atoms with van der Waals surface area (Å²) in [5.74, 6) is 0.543. The number of benzene rings is 1. The number of nitrogens with two attached hydrogens (primary N) is 1. The average molecular weight is 253 g/mol. The van der Waals surface area contributed by atoms with E-state index in [-0.39, 0.29) is 0 Å². The zero-order valence-corrected chi connectivity index (χ0v) is 10.4. The molecule has 0 saturated carbocycles. The number of aromatic nitrogens is 1. The molecule has 0 unspecified atom stereocenters. The normalized spacial score (nSPS) is 11.9. The summed E-state index contributed by atoms with van der Waals surface area (Å²) in [6.45, 7) is 0. The van der Waals surface area contributed by atoms with Crippen molar-refractivity contribution in [1.82, 2.24) is 4.98 Å². The summed E-state index contributed by atoms with van der Waals surface area (Å²) < 4.78 is 0. The van der Waals surface area contributed by atoms with Crippen LogP contribution in [-0.2, 0) is 0 Å². The Bertz CT molecular complexity index is 697. The Balaban J connectivity index is 2.13. The van der Waals surface area contributed by atoms with Gasteiger partial charge in [0, 0.05) is 11.6 Å². The molecule has 1 aromatic carbocycles. The predicted molar refractivity (Wildman–Crippen MR) is 76.4 cm³/mol. The lowest BCUT2D eigenvalue weighted by Crippen LogP contribution is -2.10. The number of hydrogen-bond donors (Lipinski definition) is 1. The van der Waals surface area contributed by atoms with Crippen molar-refractivity contribution in [3.05, 3.63) is 58.9 Å². The summed E-state index contributed by atoms with van der Waals surface area (Å²) in [6, 6.07) is 13.7. The second kappa shape index (κ2) is 4.58. The third-order valence-corrected chi connectivity index (χ3v) is 3.53. The maximum Gasteiger partial charge on any atom is 0.141 e. The van der Waals surface area contributed by atoms with Crippen LogP contribution in [0.15, 0.2) is 59.0 Å². The third kappa shape index (κ3) is 1.98. The summed E-state index contributed by atoms with van der Waals surface area (Å²) in [5.41, 5.74) is 7.78. The Morgan fingerprint density at radius 1 is 1.11 bits per heavy atom. The third-order valence-electron chi connectivity index (χ3n) is 2.64. The fourth-order valence-corrected chi connectivity index (χ4v) is 2.42. The highest BCUT2D eigenvalue weighted by Crippen LogP contribution is 2.24. The Morgan fingerprint density at radius 3 is 2.89 bits per heavy atom. The lowest BCUT2D eigenvalue weighted by molar-refractivity contribution is 1.40. The van der Waals surface area contributed by atoms with Crippen molar-refractivity contribution in [2.24, 2.45) is 10.7 Å². The zero-order chi connectivity index (χ0) is 12.4. The first kappa shape index (κ1) is 10.9. The molecule has 0 amide bonds. The highest BCUT2D eigenvalue weighted by atomic mass is 32.1. The van der Waals surface area contributed by atoms with Crippen LogP contribution in [0, 0.1) is 0 Å². The standard InChI is InChI=1S/C14H11N3S/c15-14(13-7-3-9-18-13)17-12-6-1-5-11-10(12)4-2-8-16-11/h1-9H,(H2,15,17). The molecular formula is C14H11N3S. The topological polar surface area (TPSA) is 51.3 Å². The van der Waals surface area contributed by atoms with Gasteiger partial charge in [-0.25, -0.2) is 4.99 Å². The van der Waals surface area contributed by atoms with Crippen LogP contribution >= 0.6 is 11.3 Å². The van der Waals surface area contributed by atoms with Crippen molar-refractivity contribution in [3.8, 4) is 0 Å². The van der Waals surface area contributed by atoms with Crippen molar-refractivity contribution in [2.45, 2.75) is 0 Å². The molecule has 0 aliphatic heterocycles. The molecule has 2 N–H and O–H groups in total. The Morgan fingerprint density at radius 2 is 2.06 bits per heavy atom. The van der Waals surface area contributed by atoms with E-state index in [0.717, 1.165) is 21.5 Å². The van der Waals surface area contributed by atoms with E-state index < -0.39 is 0 Å². The lowest BCUT2D eigenvalue weighted by Gasteiger charge is -2.02. The second-order valence-corrected chi connectivity index (χ2v) is 4.77. The molecule has 0 atom stereocenters. The molecule has 3 rings (SSSR count). The molecule has 3 aromatic rings. The quantitative estimate of drug-likeness (QED) is 0.562. The minimum atomic E-state index is 0.543. The molecule has 2 aromatic heterocycles. The minimum Gasteiger partial charge on any atom is -0.383 e. The number of pyridine rings is 1. The molecule has 2 heterocycles. The SMILES string of the molecule is NC(=Nc1cccc2ncccc12)c1cccs1. The number of hydrogen-bond acceptors (Lipinski definition) is 3. The van der Waals surface area contributed by atoms with Crippen LogP contribution in [0.3, 0.4) is 0 Å². The first-order chi connectivity index (χ1) is 8.84. The highest BCUT2D eigenvalue weighted by Gasteiger charge is 2.03. The van der Waals surface area contributed by atoms with Gasteiger partial charge in [-0.1, -0.05) is 12.1 Å². The number of amidine groups is 1. The summed E-state index contributed by atoms with van der Waals surface area (Å²) in [7, 11) is 0. The molecule has 0 radical (unpaired) electrons. The van der Waals surface area contributed by atoms with E-state index in [1.54, 1.807) is 17.5 Å². The van der Waals surface area contributed by atoms with Crippen LogP contribution in [0.4, 0.5) is 5.69 Å². The Kier molecular flexibility index (Phi) is 2.78. The molecule has 0 aliphatic rings. The fourth-order valence-electron chi connectivity index (χ4n) is 1.79. The van der Waals surface area contributed by atoms with Gasteiger partial charge in [-0.3, -0.25) is 4.98 Å². The predicted octanol–water partition coefficient (Wildman–Crippen LogP) is 3.33. The summed E-state index contributed by atoms with van der Waals surface area (Å²) >= 11 is 1.58. The van der Waals surface area contributed by atoms with E-state index >= 15 is 0 Å². The van der Waals surface area contributed by atoms with Crippen molar-refractivity contribution in [2.75, 3.05) is 0 Å². The first-order valence-electron chi connectivity index (χ1n) is 5.56. The van der Waals surface area contributed by atoms with Gasteiger partial charge in [0.2, 0.25) is 0 Å². The van der Waals surface area contributed by atoms with Crippen molar-refractivity contribution < 1.29 is 0 Å². The van der Waals surface area contributed by atoms with Gasteiger partial charge in [0.1, 0.15) is 5.84 Å².